The van der Waals surface area contributed by atoms with E-state index in [1.54, 1.807) is 42.7 Å². The third-order valence-electron chi connectivity index (χ3n) is 7.26. The number of benzene rings is 3. The average molecular weight is 601 g/mol. The molecular formula is C31H29ClN6O3S. The lowest BCUT2D eigenvalue weighted by Crippen LogP contribution is -2.38. The van der Waals surface area contributed by atoms with Crippen molar-refractivity contribution in [3.05, 3.63) is 95.3 Å². The van der Waals surface area contributed by atoms with Crippen molar-refractivity contribution in [2.75, 3.05) is 18.4 Å². The Kier molecular flexibility index (Phi) is 8.01. The Labute approximate surface area is 249 Å². The van der Waals surface area contributed by atoms with Crippen LogP contribution in [-0.4, -0.2) is 47.7 Å². The van der Waals surface area contributed by atoms with E-state index < -0.39 is 9.84 Å². The summed E-state index contributed by atoms with van der Waals surface area (Å²) in [7, 11) is -3.69. The molecule has 3 heterocycles. The predicted molar refractivity (Wildman–Crippen MR) is 164 cm³/mol. The molecule has 2 N–H and O–H groups in total. The second-order valence-corrected chi connectivity index (χ2v) is 12.6. The molecule has 1 saturated heterocycles. The van der Waals surface area contributed by atoms with Crippen LogP contribution >= 0.6 is 11.6 Å². The number of aromatic nitrogens is 4. The molecule has 3 aromatic carbocycles. The number of aryl methyl sites for hydroxylation is 1. The Hall–Kier alpha value is -4.12. The molecule has 0 amide bonds. The highest BCUT2D eigenvalue weighted by molar-refractivity contribution is 7.90. The molecule has 6 rings (SSSR count). The number of nitrogens with zero attached hydrogens (tertiary/aromatic N) is 4. The zero-order valence-corrected chi connectivity index (χ0v) is 24.5. The van der Waals surface area contributed by atoms with Crippen molar-refractivity contribution in [3.63, 3.8) is 0 Å². The lowest BCUT2D eigenvalue weighted by molar-refractivity contribution is 0.459. The van der Waals surface area contributed by atoms with Crippen LogP contribution in [-0.2, 0) is 15.6 Å². The van der Waals surface area contributed by atoms with E-state index in [4.69, 9.17) is 21.3 Å². The first-order valence-electron chi connectivity index (χ1n) is 13.7. The van der Waals surface area contributed by atoms with E-state index in [0.29, 0.717) is 28.5 Å². The molecule has 9 nitrogen and oxygen atoms in total. The summed E-state index contributed by atoms with van der Waals surface area (Å²) in [6, 6.07) is 19.7. The van der Waals surface area contributed by atoms with E-state index in [0.717, 1.165) is 42.3 Å². The van der Waals surface area contributed by atoms with Gasteiger partial charge in [0.05, 0.1) is 33.1 Å². The Morgan fingerprint density at radius 1 is 1.02 bits per heavy atom. The minimum atomic E-state index is -3.69. The molecule has 0 spiro atoms. The Bertz CT molecular complexity index is 1860. The minimum absolute atomic E-state index is 0.106. The van der Waals surface area contributed by atoms with Gasteiger partial charge in [0.15, 0.2) is 9.84 Å². The van der Waals surface area contributed by atoms with Gasteiger partial charge in [0, 0.05) is 24.2 Å². The number of piperidine rings is 1. The van der Waals surface area contributed by atoms with Crippen LogP contribution in [0.1, 0.15) is 24.0 Å². The lowest BCUT2D eigenvalue weighted by Gasteiger charge is -2.23. The van der Waals surface area contributed by atoms with Gasteiger partial charge in [0.25, 0.3) is 0 Å². The summed E-state index contributed by atoms with van der Waals surface area (Å²) in [5.74, 6) is 1.17. The molecule has 2 aromatic heterocycles. The number of sulfone groups is 1. The van der Waals surface area contributed by atoms with E-state index in [-0.39, 0.29) is 27.6 Å². The fraction of sp³-hybridized carbons (Fsp3) is 0.226. The number of hydrogen-bond donors (Lipinski definition) is 2. The Balaban J connectivity index is 1.34. The molecule has 1 aliphatic rings. The number of rotatable bonds is 8. The summed E-state index contributed by atoms with van der Waals surface area (Å²) >= 11 is 6.23. The van der Waals surface area contributed by atoms with E-state index in [1.807, 2.05) is 37.3 Å². The molecule has 0 unspecified atom stereocenters. The number of anilines is 1. The molecule has 0 bridgehead atoms. The summed E-state index contributed by atoms with van der Waals surface area (Å²) in [5.41, 5.74) is 2.80. The van der Waals surface area contributed by atoms with Crippen molar-refractivity contribution >= 4 is 38.2 Å². The molecular weight excluding hydrogens is 572 g/mol. The normalized spacial score (nSPS) is 15.4. The van der Waals surface area contributed by atoms with E-state index >= 15 is 0 Å². The van der Waals surface area contributed by atoms with Crippen LogP contribution in [0, 0.1) is 6.92 Å². The first-order valence-corrected chi connectivity index (χ1v) is 15.7. The number of fused-ring (bicyclic) bond motifs is 1. The summed E-state index contributed by atoms with van der Waals surface area (Å²) in [6.45, 7) is 3.82. The van der Waals surface area contributed by atoms with E-state index in [2.05, 4.69) is 25.8 Å². The fourth-order valence-electron chi connectivity index (χ4n) is 5.17. The van der Waals surface area contributed by atoms with Gasteiger partial charge in [-0.25, -0.2) is 18.4 Å². The SMILES string of the molecule is Cc1ccc2c(CS(=O)(=O)c3ccccc3Cl)cccc2c1Oc1nnccc1-c1ccnc(N[C@H]2CCCNC2)n1. The van der Waals surface area contributed by atoms with E-state index in [1.165, 1.54) is 6.07 Å². The molecule has 11 heteroatoms. The van der Waals surface area contributed by atoms with Crippen molar-refractivity contribution < 1.29 is 13.2 Å². The van der Waals surface area contributed by atoms with Gasteiger partial charge in [-0.15, -0.1) is 5.10 Å². The highest BCUT2D eigenvalue weighted by Gasteiger charge is 2.22. The highest BCUT2D eigenvalue weighted by Crippen LogP contribution is 2.38. The first-order chi connectivity index (χ1) is 20.4. The standard InChI is InChI=1S/C31H29ClN6O3S/c1-20-11-12-23-21(19-42(39,40)28-10-3-2-9-26(28)32)6-4-8-24(23)29(20)41-30-25(13-17-35-38-30)27-14-16-34-31(37-27)36-22-7-5-15-33-18-22/h2-4,6,8-14,16-17,22,33H,5,7,15,18-19H2,1H3,(H,34,36,37)/t22-/m0/s1. The third-order valence-corrected chi connectivity index (χ3v) is 9.42. The van der Waals surface area contributed by atoms with Crippen LogP contribution in [0.15, 0.2) is 84.0 Å². The van der Waals surface area contributed by atoms with Crippen molar-refractivity contribution in [3.8, 4) is 22.9 Å². The maximum absolute atomic E-state index is 13.3. The van der Waals surface area contributed by atoms with Gasteiger partial charge in [-0.2, -0.15) is 5.10 Å². The van der Waals surface area contributed by atoms with Gasteiger partial charge in [-0.1, -0.05) is 54.1 Å². The number of halogens is 1. The molecule has 214 valence electrons. The molecule has 0 radical (unpaired) electrons. The molecule has 1 fully saturated rings. The molecule has 5 aromatic rings. The zero-order valence-electron chi connectivity index (χ0n) is 22.9. The van der Waals surface area contributed by atoms with Gasteiger partial charge in [0.1, 0.15) is 5.75 Å². The van der Waals surface area contributed by atoms with E-state index in [9.17, 15) is 8.42 Å². The van der Waals surface area contributed by atoms with Crippen molar-refractivity contribution in [2.45, 2.75) is 36.5 Å². The highest BCUT2D eigenvalue weighted by atomic mass is 35.5. The average Bonchev–Trinajstić information content (AvgIpc) is 2.99. The van der Waals surface area contributed by atoms with Crippen molar-refractivity contribution in [2.24, 2.45) is 0 Å². The van der Waals surface area contributed by atoms with Crippen LogP contribution < -0.4 is 15.4 Å². The summed E-state index contributed by atoms with van der Waals surface area (Å²) in [6.07, 6.45) is 5.45. The molecule has 1 aliphatic heterocycles. The minimum Gasteiger partial charge on any atom is -0.436 e. The first kappa shape index (κ1) is 28.0. The lowest BCUT2D eigenvalue weighted by atomic mass is 10.0. The Morgan fingerprint density at radius 2 is 1.90 bits per heavy atom. The number of hydrogen-bond acceptors (Lipinski definition) is 9. The van der Waals surface area contributed by atoms with Crippen LogP contribution in [0.4, 0.5) is 5.95 Å². The summed E-state index contributed by atoms with van der Waals surface area (Å²) in [4.78, 5) is 9.26. The second kappa shape index (κ2) is 12.0. The van der Waals surface area contributed by atoms with Crippen molar-refractivity contribution in [1.82, 2.24) is 25.5 Å². The summed E-state index contributed by atoms with van der Waals surface area (Å²) in [5, 5.41) is 16.9. The number of ether oxygens (including phenoxy) is 1. The third kappa shape index (κ3) is 5.92. The predicted octanol–water partition coefficient (Wildman–Crippen LogP) is 5.98. The molecule has 0 saturated carbocycles. The van der Waals surface area contributed by atoms with Crippen LogP contribution in [0.5, 0.6) is 11.6 Å². The zero-order chi connectivity index (χ0) is 29.1. The molecule has 0 aliphatic carbocycles. The van der Waals surface area contributed by atoms with Gasteiger partial charge in [0.2, 0.25) is 11.8 Å². The smallest absolute Gasteiger partial charge is 0.248 e. The fourth-order valence-corrected chi connectivity index (χ4v) is 7.12. The van der Waals surface area contributed by atoms with Crippen LogP contribution in [0.2, 0.25) is 5.02 Å². The van der Waals surface area contributed by atoms with Crippen LogP contribution in [0.25, 0.3) is 22.0 Å². The Morgan fingerprint density at radius 3 is 2.74 bits per heavy atom. The van der Waals surface area contributed by atoms with Gasteiger partial charge in [-0.3, -0.25) is 0 Å². The van der Waals surface area contributed by atoms with Gasteiger partial charge >= 0.3 is 0 Å². The second-order valence-electron chi connectivity index (χ2n) is 10.2. The van der Waals surface area contributed by atoms with Crippen molar-refractivity contribution in [1.29, 1.82) is 0 Å². The maximum Gasteiger partial charge on any atom is 0.248 e. The molecule has 1 atom stereocenters. The topological polar surface area (TPSA) is 119 Å². The van der Waals surface area contributed by atoms with Gasteiger partial charge in [-0.05, 0) is 67.1 Å². The molecule has 42 heavy (non-hydrogen) atoms. The van der Waals surface area contributed by atoms with Gasteiger partial charge < -0.3 is 15.4 Å². The monoisotopic (exact) mass is 600 g/mol. The number of nitrogens with one attached hydrogen (secondary N) is 2. The summed E-state index contributed by atoms with van der Waals surface area (Å²) < 4.78 is 33.1. The largest absolute Gasteiger partial charge is 0.436 e. The quantitative estimate of drug-likeness (QED) is 0.222. The van der Waals surface area contributed by atoms with Crippen LogP contribution in [0.3, 0.4) is 0 Å². The maximum atomic E-state index is 13.3.